The fourth-order valence-electron chi connectivity index (χ4n) is 2.54. The number of likely N-dealkylation sites (N-methyl/N-ethyl adjacent to an activating group) is 1. The summed E-state index contributed by atoms with van der Waals surface area (Å²) in [6, 6.07) is 0. The van der Waals surface area contributed by atoms with Gasteiger partial charge in [0.05, 0.1) is 0 Å². The van der Waals surface area contributed by atoms with Crippen molar-refractivity contribution in [3.05, 3.63) is 18.0 Å². The molecule has 0 bridgehead atoms. The second kappa shape index (κ2) is 5.75. The molecule has 0 saturated heterocycles. The Balaban J connectivity index is 2.00. The molecule has 1 fully saturated rings. The van der Waals surface area contributed by atoms with Crippen molar-refractivity contribution in [2.75, 3.05) is 26.0 Å². The number of carbonyl (C=O) groups is 1. The second-order valence-electron chi connectivity index (χ2n) is 5.69. The van der Waals surface area contributed by atoms with Crippen LogP contribution in [0.1, 0.15) is 31.2 Å². The summed E-state index contributed by atoms with van der Waals surface area (Å²) in [5.41, 5.74) is -0.313. The van der Waals surface area contributed by atoms with Crippen molar-refractivity contribution in [3.8, 4) is 0 Å². The number of amides is 1. The highest BCUT2D eigenvalue weighted by Crippen LogP contribution is 2.31. The van der Waals surface area contributed by atoms with E-state index in [0.29, 0.717) is 25.3 Å². The number of aromatic nitrogens is 2. The van der Waals surface area contributed by atoms with Gasteiger partial charge in [-0.1, -0.05) is 0 Å². The number of nitrogens with zero attached hydrogens (tertiary/aromatic N) is 4. The number of aliphatic hydroxyl groups is 1. The minimum Gasteiger partial charge on any atom is -0.380 e. The standard InChI is InChI=1S/C14H22N4O2/c1-17(2)13-15-8-11(9-16-13)10-18(3)12(19)14(20)6-4-5-7-14/h8-9,20H,4-7,10H2,1-3H3. The van der Waals surface area contributed by atoms with Crippen molar-refractivity contribution in [2.45, 2.75) is 37.8 Å². The molecule has 20 heavy (non-hydrogen) atoms. The van der Waals surface area contributed by atoms with Gasteiger partial charge in [0.1, 0.15) is 5.60 Å². The number of hydrogen-bond donors (Lipinski definition) is 1. The summed E-state index contributed by atoms with van der Waals surface area (Å²) in [6.07, 6.45) is 6.38. The Hall–Kier alpha value is -1.69. The smallest absolute Gasteiger partial charge is 0.254 e. The second-order valence-corrected chi connectivity index (χ2v) is 5.69. The zero-order valence-electron chi connectivity index (χ0n) is 12.3. The van der Waals surface area contributed by atoms with E-state index in [2.05, 4.69) is 9.97 Å². The third-order valence-electron chi connectivity index (χ3n) is 3.69. The Kier molecular flexibility index (Phi) is 4.23. The summed E-state index contributed by atoms with van der Waals surface area (Å²) in [5.74, 6) is 0.434. The van der Waals surface area contributed by atoms with Gasteiger partial charge < -0.3 is 14.9 Å². The molecule has 0 atom stereocenters. The van der Waals surface area contributed by atoms with Gasteiger partial charge in [0.25, 0.3) is 5.91 Å². The maximum absolute atomic E-state index is 12.3. The van der Waals surface area contributed by atoms with Crippen molar-refractivity contribution >= 4 is 11.9 Å². The molecule has 1 aromatic heterocycles. The topological polar surface area (TPSA) is 69.6 Å². The van der Waals surface area contributed by atoms with E-state index in [4.69, 9.17) is 0 Å². The molecule has 1 aromatic rings. The molecule has 0 aliphatic heterocycles. The molecular formula is C14H22N4O2. The van der Waals surface area contributed by atoms with Gasteiger partial charge in [-0.25, -0.2) is 9.97 Å². The molecule has 1 heterocycles. The number of hydrogen-bond acceptors (Lipinski definition) is 5. The lowest BCUT2D eigenvalue weighted by atomic mass is 10.0. The molecule has 0 radical (unpaired) electrons. The van der Waals surface area contributed by atoms with E-state index in [-0.39, 0.29) is 5.91 Å². The van der Waals surface area contributed by atoms with Gasteiger partial charge in [0, 0.05) is 45.6 Å². The monoisotopic (exact) mass is 278 g/mol. The fourth-order valence-corrected chi connectivity index (χ4v) is 2.54. The first kappa shape index (κ1) is 14.7. The lowest BCUT2D eigenvalue weighted by Gasteiger charge is -2.27. The summed E-state index contributed by atoms with van der Waals surface area (Å²) >= 11 is 0. The van der Waals surface area contributed by atoms with E-state index in [1.165, 1.54) is 0 Å². The average molecular weight is 278 g/mol. The summed E-state index contributed by atoms with van der Waals surface area (Å²) in [7, 11) is 5.46. The minimum atomic E-state index is -1.17. The van der Waals surface area contributed by atoms with Crippen LogP contribution in [0.15, 0.2) is 12.4 Å². The van der Waals surface area contributed by atoms with Crippen LogP contribution < -0.4 is 4.90 Å². The molecule has 6 nitrogen and oxygen atoms in total. The fraction of sp³-hybridized carbons (Fsp3) is 0.643. The molecule has 1 saturated carbocycles. The zero-order chi connectivity index (χ0) is 14.8. The summed E-state index contributed by atoms with van der Waals surface area (Å²) < 4.78 is 0. The lowest BCUT2D eigenvalue weighted by molar-refractivity contribution is -0.149. The molecule has 0 unspecified atom stereocenters. The average Bonchev–Trinajstić information content (AvgIpc) is 2.86. The van der Waals surface area contributed by atoms with Crippen molar-refractivity contribution < 1.29 is 9.90 Å². The normalized spacial score (nSPS) is 17.0. The molecule has 0 aromatic carbocycles. The Morgan fingerprint density at radius 3 is 2.30 bits per heavy atom. The van der Waals surface area contributed by atoms with Crippen molar-refractivity contribution in [3.63, 3.8) is 0 Å². The first-order valence-electron chi connectivity index (χ1n) is 6.88. The van der Waals surface area contributed by atoms with Crippen LogP contribution in [0.3, 0.4) is 0 Å². The quantitative estimate of drug-likeness (QED) is 0.882. The summed E-state index contributed by atoms with van der Waals surface area (Å²) in [5, 5.41) is 10.3. The zero-order valence-corrected chi connectivity index (χ0v) is 12.3. The molecule has 1 N–H and O–H groups in total. The molecule has 1 amide bonds. The van der Waals surface area contributed by atoms with Crippen LogP contribution in [0.4, 0.5) is 5.95 Å². The summed E-state index contributed by atoms with van der Waals surface area (Å²) in [4.78, 5) is 24.1. The highest BCUT2D eigenvalue weighted by Gasteiger charge is 2.40. The van der Waals surface area contributed by atoms with E-state index < -0.39 is 5.60 Å². The van der Waals surface area contributed by atoms with E-state index in [1.807, 2.05) is 19.0 Å². The maximum Gasteiger partial charge on any atom is 0.254 e. The van der Waals surface area contributed by atoms with Crippen molar-refractivity contribution in [2.24, 2.45) is 0 Å². The van der Waals surface area contributed by atoms with Crippen LogP contribution in [0.5, 0.6) is 0 Å². The molecule has 110 valence electrons. The molecule has 1 aliphatic carbocycles. The molecular weight excluding hydrogens is 256 g/mol. The van der Waals surface area contributed by atoms with E-state index in [0.717, 1.165) is 18.4 Å². The van der Waals surface area contributed by atoms with E-state index in [1.54, 1.807) is 24.3 Å². The number of carbonyl (C=O) groups excluding carboxylic acids is 1. The molecule has 2 rings (SSSR count). The van der Waals surface area contributed by atoms with Crippen molar-refractivity contribution in [1.29, 1.82) is 0 Å². The Labute approximate surface area is 119 Å². The molecule has 0 spiro atoms. The van der Waals surface area contributed by atoms with Crippen LogP contribution >= 0.6 is 0 Å². The van der Waals surface area contributed by atoms with Gasteiger partial charge in [0.2, 0.25) is 5.95 Å². The van der Waals surface area contributed by atoms with Gasteiger partial charge >= 0.3 is 0 Å². The lowest BCUT2D eigenvalue weighted by Crippen LogP contribution is -2.45. The van der Waals surface area contributed by atoms with Crippen LogP contribution in [0.25, 0.3) is 0 Å². The predicted octanol–water partition coefficient (Wildman–Crippen LogP) is 0.806. The maximum atomic E-state index is 12.3. The minimum absolute atomic E-state index is 0.202. The molecule has 6 heteroatoms. The van der Waals surface area contributed by atoms with E-state index in [9.17, 15) is 9.90 Å². The van der Waals surface area contributed by atoms with Crippen LogP contribution in [0.2, 0.25) is 0 Å². The van der Waals surface area contributed by atoms with Crippen LogP contribution in [0, 0.1) is 0 Å². The molecule has 1 aliphatic rings. The van der Waals surface area contributed by atoms with E-state index >= 15 is 0 Å². The van der Waals surface area contributed by atoms with Crippen LogP contribution in [-0.4, -0.2) is 52.6 Å². The van der Waals surface area contributed by atoms with Gasteiger partial charge in [0.15, 0.2) is 0 Å². The van der Waals surface area contributed by atoms with Gasteiger partial charge in [-0.3, -0.25) is 4.79 Å². The Bertz CT molecular complexity index is 467. The van der Waals surface area contributed by atoms with Crippen LogP contribution in [-0.2, 0) is 11.3 Å². The first-order valence-corrected chi connectivity index (χ1v) is 6.88. The predicted molar refractivity (Wildman–Crippen MR) is 76.3 cm³/mol. The van der Waals surface area contributed by atoms with Crippen molar-refractivity contribution in [1.82, 2.24) is 14.9 Å². The largest absolute Gasteiger partial charge is 0.380 e. The highest BCUT2D eigenvalue weighted by atomic mass is 16.3. The first-order chi connectivity index (χ1) is 9.42. The number of anilines is 1. The van der Waals surface area contributed by atoms with Gasteiger partial charge in [-0.2, -0.15) is 0 Å². The van der Waals surface area contributed by atoms with Gasteiger partial charge in [-0.05, 0) is 25.7 Å². The van der Waals surface area contributed by atoms with Gasteiger partial charge in [-0.15, -0.1) is 0 Å². The Morgan fingerprint density at radius 1 is 1.25 bits per heavy atom. The third-order valence-corrected chi connectivity index (χ3v) is 3.69. The Morgan fingerprint density at radius 2 is 1.80 bits per heavy atom. The summed E-state index contributed by atoms with van der Waals surface area (Å²) in [6.45, 7) is 0.412. The number of rotatable bonds is 4. The SMILES string of the molecule is CN(Cc1cnc(N(C)C)nc1)C(=O)C1(O)CCCC1. The highest BCUT2D eigenvalue weighted by molar-refractivity contribution is 5.85. The third kappa shape index (κ3) is 3.07.